The standard InChI is InChI=1S/C29H31N3O6S/c1-37-25-14-11-23(12-15-25)31-39(35,36)27-20-24(13-16-26(27)32-18-4-3-5-19-32)30-28(33)17-8-21-6-9-22(10-7-21)29(34)38-2/h6-17,20,31H,3-5,18-19H2,1-2H3,(H,30,33). The Hall–Kier alpha value is -4.31. The van der Waals surface area contributed by atoms with Crippen molar-refractivity contribution < 1.29 is 27.5 Å². The highest BCUT2D eigenvalue weighted by molar-refractivity contribution is 7.92. The van der Waals surface area contributed by atoms with Crippen LogP contribution in [0.2, 0.25) is 0 Å². The zero-order chi connectivity index (χ0) is 27.8. The Morgan fingerprint density at radius 3 is 2.18 bits per heavy atom. The SMILES string of the molecule is COC(=O)c1ccc(C=CC(=O)Nc2ccc(N3CCCCC3)c(S(=O)(=O)Nc3ccc(OC)cc3)c2)cc1. The van der Waals surface area contributed by atoms with Crippen LogP contribution in [0, 0.1) is 0 Å². The van der Waals surface area contributed by atoms with Crippen LogP contribution in [0.1, 0.15) is 35.2 Å². The average Bonchev–Trinajstić information content (AvgIpc) is 2.96. The second-order valence-corrected chi connectivity index (χ2v) is 10.7. The number of methoxy groups -OCH3 is 2. The van der Waals surface area contributed by atoms with Gasteiger partial charge in [0.05, 0.1) is 25.5 Å². The number of hydrogen-bond donors (Lipinski definition) is 2. The van der Waals surface area contributed by atoms with Crippen LogP contribution in [0.15, 0.2) is 77.7 Å². The fourth-order valence-electron chi connectivity index (χ4n) is 4.28. The molecule has 1 fully saturated rings. The Kier molecular flexibility index (Phi) is 8.88. The topological polar surface area (TPSA) is 114 Å². The number of carbonyl (C=O) groups excluding carboxylic acids is 2. The molecule has 10 heteroatoms. The van der Waals surface area contributed by atoms with Crippen molar-refractivity contribution in [3.63, 3.8) is 0 Å². The highest BCUT2D eigenvalue weighted by atomic mass is 32.2. The molecule has 1 saturated heterocycles. The lowest BCUT2D eigenvalue weighted by atomic mass is 10.1. The second-order valence-electron chi connectivity index (χ2n) is 9.00. The molecule has 2 N–H and O–H groups in total. The third-order valence-electron chi connectivity index (χ3n) is 6.31. The number of nitrogens with one attached hydrogen (secondary N) is 2. The molecule has 0 unspecified atom stereocenters. The van der Waals surface area contributed by atoms with Crippen molar-refractivity contribution in [2.75, 3.05) is 42.2 Å². The first-order valence-electron chi connectivity index (χ1n) is 12.5. The molecule has 9 nitrogen and oxygen atoms in total. The van der Waals surface area contributed by atoms with Gasteiger partial charge in [0, 0.05) is 30.5 Å². The number of ether oxygens (including phenoxy) is 2. The maximum atomic E-state index is 13.5. The maximum Gasteiger partial charge on any atom is 0.337 e. The Morgan fingerprint density at radius 1 is 0.872 bits per heavy atom. The lowest BCUT2D eigenvalue weighted by Gasteiger charge is -2.30. The van der Waals surface area contributed by atoms with Crippen molar-refractivity contribution >= 4 is 45.0 Å². The molecule has 3 aromatic rings. The number of benzene rings is 3. The molecule has 204 valence electrons. The van der Waals surface area contributed by atoms with E-state index >= 15 is 0 Å². The first kappa shape index (κ1) is 27.7. The molecule has 1 amide bonds. The molecule has 39 heavy (non-hydrogen) atoms. The number of amides is 1. The van der Waals surface area contributed by atoms with Crippen molar-refractivity contribution in [2.24, 2.45) is 0 Å². The molecule has 0 spiro atoms. The molecule has 1 heterocycles. The number of nitrogens with zero attached hydrogens (tertiary/aromatic N) is 1. The molecule has 0 saturated carbocycles. The summed E-state index contributed by atoms with van der Waals surface area (Å²) in [6.45, 7) is 1.52. The van der Waals surface area contributed by atoms with E-state index in [4.69, 9.17) is 4.74 Å². The van der Waals surface area contributed by atoms with E-state index in [1.165, 1.54) is 19.3 Å². The second kappa shape index (κ2) is 12.5. The van der Waals surface area contributed by atoms with Gasteiger partial charge in [0.25, 0.3) is 10.0 Å². The molecule has 0 radical (unpaired) electrons. The number of anilines is 3. The highest BCUT2D eigenvalue weighted by Gasteiger charge is 2.24. The van der Waals surface area contributed by atoms with Crippen molar-refractivity contribution in [3.05, 3.63) is 83.9 Å². The summed E-state index contributed by atoms with van der Waals surface area (Å²) in [6, 6.07) is 18.1. The van der Waals surface area contributed by atoms with Gasteiger partial charge in [-0.1, -0.05) is 12.1 Å². The van der Waals surface area contributed by atoms with Crippen LogP contribution < -0.4 is 19.7 Å². The zero-order valence-electron chi connectivity index (χ0n) is 21.8. The third-order valence-corrected chi connectivity index (χ3v) is 7.73. The van der Waals surface area contributed by atoms with Gasteiger partial charge in [-0.3, -0.25) is 9.52 Å². The number of rotatable bonds is 9. The number of piperidine rings is 1. The molecule has 0 bridgehead atoms. The van der Waals surface area contributed by atoms with Crippen LogP contribution >= 0.6 is 0 Å². The van der Waals surface area contributed by atoms with Crippen LogP contribution in [-0.4, -0.2) is 47.6 Å². The van der Waals surface area contributed by atoms with Gasteiger partial charge in [0.1, 0.15) is 10.6 Å². The van der Waals surface area contributed by atoms with Gasteiger partial charge in [-0.2, -0.15) is 0 Å². The molecule has 0 aliphatic carbocycles. The molecule has 1 aliphatic heterocycles. The van der Waals surface area contributed by atoms with E-state index in [1.54, 1.807) is 73.8 Å². The first-order valence-corrected chi connectivity index (χ1v) is 14.0. The zero-order valence-corrected chi connectivity index (χ0v) is 22.7. The van der Waals surface area contributed by atoms with Crippen LogP contribution in [0.25, 0.3) is 6.08 Å². The molecular weight excluding hydrogens is 518 g/mol. The predicted octanol–water partition coefficient (Wildman–Crippen LogP) is 4.92. The fourth-order valence-corrected chi connectivity index (χ4v) is 5.59. The fraction of sp³-hybridized carbons (Fsp3) is 0.241. The lowest BCUT2D eigenvalue weighted by molar-refractivity contribution is -0.111. The summed E-state index contributed by atoms with van der Waals surface area (Å²) in [6.07, 6.45) is 6.01. The minimum atomic E-state index is -3.98. The minimum Gasteiger partial charge on any atom is -0.497 e. The molecule has 1 aliphatic rings. The van der Waals surface area contributed by atoms with E-state index in [0.717, 1.165) is 32.4 Å². The van der Waals surface area contributed by atoms with Crippen LogP contribution in [0.4, 0.5) is 17.1 Å². The molecule has 0 atom stereocenters. The quantitative estimate of drug-likeness (QED) is 0.288. The first-order chi connectivity index (χ1) is 18.8. The van der Waals surface area contributed by atoms with Gasteiger partial charge in [0.2, 0.25) is 5.91 Å². The summed E-state index contributed by atoms with van der Waals surface area (Å²) in [5, 5.41) is 2.75. The average molecular weight is 550 g/mol. The van der Waals surface area contributed by atoms with Crippen molar-refractivity contribution in [1.29, 1.82) is 0 Å². The van der Waals surface area contributed by atoms with Crippen LogP contribution in [0.5, 0.6) is 5.75 Å². The summed E-state index contributed by atoms with van der Waals surface area (Å²) >= 11 is 0. The smallest absolute Gasteiger partial charge is 0.337 e. The van der Waals surface area contributed by atoms with Gasteiger partial charge in [-0.25, -0.2) is 13.2 Å². The van der Waals surface area contributed by atoms with Gasteiger partial charge < -0.3 is 19.7 Å². The van der Waals surface area contributed by atoms with E-state index in [1.807, 2.05) is 0 Å². The van der Waals surface area contributed by atoms with E-state index in [2.05, 4.69) is 19.7 Å². The van der Waals surface area contributed by atoms with Gasteiger partial charge in [-0.15, -0.1) is 0 Å². The monoisotopic (exact) mass is 549 g/mol. The van der Waals surface area contributed by atoms with Gasteiger partial charge >= 0.3 is 5.97 Å². The summed E-state index contributed by atoms with van der Waals surface area (Å²) in [5.74, 6) is -0.253. The van der Waals surface area contributed by atoms with Crippen LogP contribution in [0.3, 0.4) is 0 Å². The Bertz CT molecular complexity index is 1450. The van der Waals surface area contributed by atoms with Crippen molar-refractivity contribution in [2.45, 2.75) is 24.2 Å². The summed E-state index contributed by atoms with van der Waals surface area (Å²) in [4.78, 5) is 26.4. The minimum absolute atomic E-state index is 0.0837. The summed E-state index contributed by atoms with van der Waals surface area (Å²) in [7, 11) is -1.13. The van der Waals surface area contributed by atoms with Crippen molar-refractivity contribution in [1.82, 2.24) is 0 Å². The van der Waals surface area contributed by atoms with Gasteiger partial charge in [0.15, 0.2) is 0 Å². The van der Waals surface area contributed by atoms with Gasteiger partial charge in [-0.05, 0) is 85.5 Å². The third kappa shape index (κ3) is 7.17. The van der Waals surface area contributed by atoms with E-state index in [-0.39, 0.29) is 4.90 Å². The van der Waals surface area contributed by atoms with E-state index in [9.17, 15) is 18.0 Å². The Balaban J connectivity index is 1.56. The number of sulfonamides is 1. The highest BCUT2D eigenvalue weighted by Crippen LogP contribution is 2.32. The largest absolute Gasteiger partial charge is 0.497 e. The molecule has 0 aromatic heterocycles. The van der Waals surface area contributed by atoms with E-state index < -0.39 is 21.9 Å². The maximum absolute atomic E-state index is 13.5. The number of carbonyl (C=O) groups is 2. The Labute approximate surface area is 228 Å². The normalized spacial score (nSPS) is 13.6. The predicted molar refractivity (Wildman–Crippen MR) is 152 cm³/mol. The van der Waals surface area contributed by atoms with Crippen LogP contribution in [-0.2, 0) is 19.6 Å². The Morgan fingerprint density at radius 2 is 1.54 bits per heavy atom. The summed E-state index contributed by atoms with van der Waals surface area (Å²) < 4.78 is 39.6. The number of esters is 1. The number of hydrogen-bond acceptors (Lipinski definition) is 7. The lowest BCUT2D eigenvalue weighted by Crippen LogP contribution is -2.31. The summed E-state index contributed by atoms with van der Waals surface area (Å²) in [5.41, 5.74) is 2.46. The van der Waals surface area contributed by atoms with E-state index in [0.29, 0.717) is 33.9 Å². The van der Waals surface area contributed by atoms with Crippen molar-refractivity contribution in [3.8, 4) is 5.75 Å². The molecular formula is C29H31N3O6S. The molecule has 3 aromatic carbocycles. The molecule has 4 rings (SSSR count).